The molecule has 0 saturated carbocycles. The molecule has 23 heavy (non-hydrogen) atoms. The van der Waals surface area contributed by atoms with Crippen molar-refractivity contribution in [3.8, 4) is 0 Å². The summed E-state index contributed by atoms with van der Waals surface area (Å²) in [5, 5.41) is 11.3. The predicted octanol–water partition coefficient (Wildman–Crippen LogP) is 2.08. The molecule has 9 heteroatoms. The van der Waals surface area contributed by atoms with Crippen LogP contribution in [0.2, 0.25) is 5.02 Å². The number of benzene rings is 1. The molecule has 1 saturated heterocycles. The standard InChI is InChI=1S/C14H11ClN2O4S2/c15-6-1-2-8-7(5-6)10(12(20)16-8)11-13(21)17(14(22)23-11)4-3-9(18)19/h1-2,5,10-11H,3-4H2,(H,16,20)(H,18,19). The Morgan fingerprint density at radius 1 is 1.43 bits per heavy atom. The van der Waals surface area contributed by atoms with Crippen LogP contribution >= 0.6 is 35.6 Å². The van der Waals surface area contributed by atoms with Crippen molar-refractivity contribution in [2.45, 2.75) is 17.6 Å². The highest BCUT2D eigenvalue weighted by molar-refractivity contribution is 8.24. The topological polar surface area (TPSA) is 86.7 Å². The Bertz CT molecular complexity index is 739. The third kappa shape index (κ3) is 2.93. The van der Waals surface area contributed by atoms with Crippen LogP contribution in [0.25, 0.3) is 0 Å². The van der Waals surface area contributed by atoms with Gasteiger partial charge in [0.1, 0.15) is 9.57 Å². The number of nitrogens with zero attached hydrogens (tertiary/aromatic N) is 1. The van der Waals surface area contributed by atoms with Crippen molar-refractivity contribution >= 4 is 63.4 Å². The van der Waals surface area contributed by atoms with Gasteiger partial charge in [-0.25, -0.2) is 0 Å². The Labute approximate surface area is 146 Å². The fraction of sp³-hybridized carbons (Fsp3) is 0.286. The molecule has 120 valence electrons. The third-order valence-electron chi connectivity index (χ3n) is 3.70. The quantitative estimate of drug-likeness (QED) is 0.789. The van der Waals surface area contributed by atoms with Gasteiger partial charge in [0.2, 0.25) is 11.8 Å². The average molecular weight is 371 g/mol. The molecule has 1 aromatic carbocycles. The number of nitrogens with one attached hydrogen (secondary N) is 1. The zero-order valence-electron chi connectivity index (χ0n) is 11.6. The summed E-state index contributed by atoms with van der Waals surface area (Å²) in [7, 11) is 0. The van der Waals surface area contributed by atoms with E-state index in [1.165, 1.54) is 4.90 Å². The van der Waals surface area contributed by atoms with Crippen LogP contribution in [-0.4, -0.2) is 43.9 Å². The van der Waals surface area contributed by atoms with Gasteiger partial charge in [0.15, 0.2) is 0 Å². The van der Waals surface area contributed by atoms with Gasteiger partial charge in [0.05, 0.1) is 12.3 Å². The Morgan fingerprint density at radius 3 is 2.87 bits per heavy atom. The molecule has 1 aromatic rings. The number of halogens is 1. The minimum Gasteiger partial charge on any atom is -0.481 e. The number of amides is 2. The lowest BCUT2D eigenvalue weighted by Gasteiger charge is -2.16. The van der Waals surface area contributed by atoms with Crippen LogP contribution in [0.5, 0.6) is 0 Å². The third-order valence-corrected chi connectivity index (χ3v) is 5.59. The number of rotatable bonds is 4. The lowest BCUT2D eigenvalue weighted by Crippen LogP contribution is -2.36. The molecule has 0 spiro atoms. The second-order valence-electron chi connectivity index (χ2n) is 5.14. The van der Waals surface area contributed by atoms with Crippen molar-refractivity contribution in [3.63, 3.8) is 0 Å². The van der Waals surface area contributed by atoms with Gasteiger partial charge < -0.3 is 10.4 Å². The summed E-state index contributed by atoms with van der Waals surface area (Å²) in [5.74, 6) is -2.32. The first kappa shape index (κ1) is 16.2. The number of hydrogen-bond acceptors (Lipinski definition) is 5. The SMILES string of the molecule is O=C(O)CCN1C(=O)C(C2C(=O)Nc3ccc(Cl)cc32)SC1=S. The number of carbonyl (C=O) groups excluding carboxylic acids is 2. The van der Waals surface area contributed by atoms with Gasteiger partial charge in [-0.05, 0) is 23.8 Å². The first-order chi connectivity index (χ1) is 10.9. The summed E-state index contributed by atoms with van der Waals surface area (Å²) in [6, 6.07) is 5.02. The van der Waals surface area contributed by atoms with Gasteiger partial charge in [-0.1, -0.05) is 35.6 Å². The molecule has 2 heterocycles. The normalized spacial score (nSPS) is 23.2. The smallest absolute Gasteiger partial charge is 0.305 e. The van der Waals surface area contributed by atoms with Crippen LogP contribution in [0.15, 0.2) is 18.2 Å². The highest BCUT2D eigenvalue weighted by Gasteiger charge is 2.48. The molecule has 6 nitrogen and oxygen atoms in total. The summed E-state index contributed by atoms with van der Waals surface area (Å²) < 4.78 is 0.296. The zero-order valence-corrected chi connectivity index (χ0v) is 14.0. The lowest BCUT2D eigenvalue weighted by atomic mass is 9.96. The summed E-state index contributed by atoms with van der Waals surface area (Å²) >= 11 is 12.3. The molecule has 2 aliphatic rings. The molecule has 0 aliphatic carbocycles. The van der Waals surface area contributed by atoms with E-state index in [-0.39, 0.29) is 24.8 Å². The van der Waals surface area contributed by atoms with E-state index in [0.29, 0.717) is 20.6 Å². The lowest BCUT2D eigenvalue weighted by molar-refractivity contribution is -0.137. The molecule has 2 N–H and O–H groups in total. The largest absolute Gasteiger partial charge is 0.481 e. The van der Waals surface area contributed by atoms with Gasteiger partial charge in [0, 0.05) is 17.3 Å². The van der Waals surface area contributed by atoms with Crippen molar-refractivity contribution in [1.82, 2.24) is 4.90 Å². The number of anilines is 1. The number of carbonyl (C=O) groups is 3. The van der Waals surface area contributed by atoms with Crippen molar-refractivity contribution < 1.29 is 19.5 Å². The molecule has 0 aromatic heterocycles. The number of carboxylic acid groups (broad SMARTS) is 1. The highest BCUT2D eigenvalue weighted by atomic mass is 35.5. The van der Waals surface area contributed by atoms with E-state index in [2.05, 4.69) is 5.32 Å². The zero-order chi connectivity index (χ0) is 16.7. The Balaban J connectivity index is 1.87. The van der Waals surface area contributed by atoms with Gasteiger partial charge in [-0.3, -0.25) is 19.3 Å². The van der Waals surface area contributed by atoms with E-state index in [0.717, 1.165) is 11.8 Å². The molecular weight excluding hydrogens is 360 g/mol. The summed E-state index contributed by atoms with van der Waals surface area (Å²) in [4.78, 5) is 36.8. The second-order valence-corrected chi connectivity index (χ2v) is 7.35. The average Bonchev–Trinajstić information content (AvgIpc) is 2.93. The first-order valence-corrected chi connectivity index (χ1v) is 8.39. The molecule has 3 rings (SSSR count). The molecule has 2 atom stereocenters. The fourth-order valence-electron chi connectivity index (χ4n) is 2.64. The van der Waals surface area contributed by atoms with Crippen LogP contribution in [-0.2, 0) is 14.4 Å². The number of hydrogen-bond donors (Lipinski definition) is 2. The minimum atomic E-state index is -1.01. The molecule has 2 aliphatic heterocycles. The Kier molecular flexibility index (Phi) is 4.31. The van der Waals surface area contributed by atoms with E-state index in [1.54, 1.807) is 18.2 Å². The number of carboxylic acids is 1. The molecule has 0 radical (unpaired) electrons. The maximum Gasteiger partial charge on any atom is 0.305 e. The molecular formula is C14H11ClN2O4S2. The van der Waals surface area contributed by atoms with Crippen LogP contribution in [0.3, 0.4) is 0 Å². The van der Waals surface area contributed by atoms with Crippen molar-refractivity contribution in [1.29, 1.82) is 0 Å². The maximum absolute atomic E-state index is 12.6. The highest BCUT2D eigenvalue weighted by Crippen LogP contribution is 2.44. The van der Waals surface area contributed by atoms with E-state index in [9.17, 15) is 14.4 Å². The summed E-state index contributed by atoms with van der Waals surface area (Å²) in [6.45, 7) is 0.00718. The van der Waals surface area contributed by atoms with E-state index in [4.69, 9.17) is 28.9 Å². The Morgan fingerprint density at radius 2 is 2.17 bits per heavy atom. The first-order valence-electron chi connectivity index (χ1n) is 6.72. The van der Waals surface area contributed by atoms with Gasteiger partial charge in [0.25, 0.3) is 0 Å². The van der Waals surface area contributed by atoms with Crippen LogP contribution in [0.4, 0.5) is 5.69 Å². The Hall–Kier alpha value is -1.64. The molecule has 2 unspecified atom stereocenters. The fourth-order valence-corrected chi connectivity index (χ4v) is 4.48. The van der Waals surface area contributed by atoms with E-state index >= 15 is 0 Å². The van der Waals surface area contributed by atoms with Crippen LogP contribution in [0.1, 0.15) is 17.9 Å². The number of thiocarbonyl (C=S) groups is 1. The summed E-state index contributed by atoms with van der Waals surface area (Å²) in [5.41, 5.74) is 1.30. The molecule has 2 amide bonds. The van der Waals surface area contributed by atoms with Gasteiger partial charge in [-0.15, -0.1) is 0 Å². The number of fused-ring (bicyclic) bond motifs is 1. The van der Waals surface area contributed by atoms with Crippen molar-refractivity contribution in [3.05, 3.63) is 28.8 Å². The molecule has 1 fully saturated rings. The summed E-state index contributed by atoms with van der Waals surface area (Å²) in [6.07, 6.45) is -0.196. The number of thioether (sulfide) groups is 1. The monoisotopic (exact) mass is 370 g/mol. The van der Waals surface area contributed by atoms with Crippen molar-refractivity contribution in [2.75, 3.05) is 11.9 Å². The van der Waals surface area contributed by atoms with Gasteiger partial charge in [-0.2, -0.15) is 0 Å². The van der Waals surface area contributed by atoms with Crippen LogP contribution in [0, 0.1) is 0 Å². The predicted molar refractivity (Wildman–Crippen MR) is 90.8 cm³/mol. The number of aliphatic carboxylic acids is 1. The van der Waals surface area contributed by atoms with Crippen LogP contribution < -0.4 is 5.32 Å². The maximum atomic E-state index is 12.6. The van der Waals surface area contributed by atoms with E-state index < -0.39 is 17.1 Å². The van der Waals surface area contributed by atoms with E-state index in [1.807, 2.05) is 0 Å². The van der Waals surface area contributed by atoms with Crippen molar-refractivity contribution in [2.24, 2.45) is 0 Å². The van der Waals surface area contributed by atoms with Gasteiger partial charge >= 0.3 is 5.97 Å². The second kappa shape index (κ2) is 6.10. The minimum absolute atomic E-state index is 0.00718. The molecule has 0 bridgehead atoms.